The third-order valence-corrected chi connectivity index (χ3v) is 11.7. The second kappa shape index (κ2) is 24.7. The van der Waals surface area contributed by atoms with E-state index in [0.717, 1.165) is 37.8 Å². The van der Waals surface area contributed by atoms with Crippen LogP contribution in [0.1, 0.15) is 148 Å². The number of unbranched alkanes of at least 4 members (excludes halogenated alkanes) is 14. The Bertz CT molecular complexity index is 1920. The van der Waals surface area contributed by atoms with Crippen LogP contribution < -0.4 is 18.9 Å². The summed E-state index contributed by atoms with van der Waals surface area (Å²) in [5.74, 6) is 0.160. The fourth-order valence-electron chi connectivity index (χ4n) is 7.35. The summed E-state index contributed by atoms with van der Waals surface area (Å²) in [6, 6.07) is 18.3. The number of benzene rings is 4. The largest absolute Gasteiger partial charge is 0.494 e. The second-order valence-electron chi connectivity index (χ2n) is 15.4. The standard InChI is InChI=1S/C48H58N2O10S/c1-3-5-7-9-11-13-15-17-27-57-39-23-19-35(20-24-39)47(51)59-41-29-37-33-61-34-38-30-42(32-44(50(55)56)46(38)45(37)43(31-41)49(53)54)60-48(52)36-21-25-40(26-22-36)58-28-18-16-14-12-10-8-6-4-2/h19-26,29-32H,3-18,27-28,33-34H2,1-2H3. The summed E-state index contributed by atoms with van der Waals surface area (Å²) in [5, 5.41) is 25.1. The number of hydrogen-bond acceptors (Lipinski definition) is 11. The van der Waals surface area contributed by atoms with Crippen molar-refractivity contribution in [2.45, 2.75) is 128 Å². The lowest BCUT2D eigenvalue weighted by Gasteiger charge is -2.14. The van der Waals surface area contributed by atoms with Crippen LogP contribution >= 0.6 is 11.8 Å². The predicted molar refractivity (Wildman–Crippen MR) is 239 cm³/mol. The number of nitro benzene ring substituents is 2. The number of ether oxygens (including phenoxy) is 4. The van der Waals surface area contributed by atoms with Gasteiger partial charge < -0.3 is 18.9 Å². The molecule has 0 spiro atoms. The van der Waals surface area contributed by atoms with Crippen LogP contribution in [0, 0.1) is 20.2 Å². The highest BCUT2D eigenvalue weighted by Crippen LogP contribution is 2.48. The summed E-state index contributed by atoms with van der Waals surface area (Å²) in [7, 11) is 0. The molecule has 61 heavy (non-hydrogen) atoms. The van der Waals surface area contributed by atoms with E-state index in [0.29, 0.717) is 35.8 Å². The highest BCUT2D eigenvalue weighted by molar-refractivity contribution is 7.97. The number of carbonyl (C=O) groups excluding carboxylic acids is 2. The third kappa shape index (κ3) is 14.3. The van der Waals surface area contributed by atoms with Gasteiger partial charge in [-0.3, -0.25) is 20.2 Å². The van der Waals surface area contributed by atoms with Crippen molar-refractivity contribution in [3.63, 3.8) is 0 Å². The van der Waals surface area contributed by atoms with Crippen LogP contribution in [0.5, 0.6) is 23.0 Å². The minimum Gasteiger partial charge on any atom is -0.494 e. The minimum absolute atomic E-state index is 0.0509. The van der Waals surface area contributed by atoms with Gasteiger partial charge in [-0.05, 0) is 84.6 Å². The van der Waals surface area contributed by atoms with Crippen LogP contribution in [-0.4, -0.2) is 35.0 Å². The third-order valence-electron chi connectivity index (χ3n) is 10.6. The van der Waals surface area contributed by atoms with E-state index in [1.54, 1.807) is 48.5 Å². The lowest BCUT2D eigenvalue weighted by atomic mass is 9.93. The molecule has 5 rings (SSSR count). The van der Waals surface area contributed by atoms with E-state index in [1.165, 1.54) is 101 Å². The van der Waals surface area contributed by atoms with Crippen LogP contribution in [0.15, 0.2) is 72.8 Å². The lowest BCUT2D eigenvalue weighted by Crippen LogP contribution is -2.10. The number of rotatable bonds is 26. The maximum absolute atomic E-state index is 13.2. The van der Waals surface area contributed by atoms with Gasteiger partial charge in [-0.15, -0.1) is 0 Å². The van der Waals surface area contributed by atoms with Crippen molar-refractivity contribution in [2.75, 3.05) is 13.2 Å². The smallest absolute Gasteiger partial charge is 0.343 e. The number of nitro groups is 2. The average Bonchev–Trinajstić information content (AvgIpc) is 3.44. The highest BCUT2D eigenvalue weighted by atomic mass is 32.2. The fraction of sp³-hybridized carbons (Fsp3) is 0.458. The summed E-state index contributed by atoms with van der Waals surface area (Å²) in [6.07, 6.45) is 19.1. The van der Waals surface area contributed by atoms with Gasteiger partial charge in [0.05, 0.1) is 57.4 Å². The number of esters is 2. The molecule has 4 aromatic rings. The molecule has 0 atom stereocenters. The molecule has 0 radical (unpaired) electrons. The molecule has 13 heteroatoms. The predicted octanol–water partition coefficient (Wildman–Crippen LogP) is 13.4. The average molecular weight is 855 g/mol. The molecule has 0 fully saturated rings. The molecule has 1 aliphatic rings. The van der Waals surface area contributed by atoms with E-state index in [1.807, 2.05) is 0 Å². The SMILES string of the molecule is CCCCCCCCCCOc1ccc(C(=O)Oc2cc3c(c([N+](=O)[O-])c2)-c2c(cc(OC(=O)c4ccc(OCCCCCCCCCC)cc4)cc2[N+](=O)[O-])CSC3)cc1. The molecule has 12 nitrogen and oxygen atoms in total. The van der Waals surface area contributed by atoms with Crippen molar-refractivity contribution in [2.24, 2.45) is 0 Å². The van der Waals surface area contributed by atoms with Crippen LogP contribution in [0.25, 0.3) is 11.1 Å². The first-order valence-electron chi connectivity index (χ1n) is 21.8. The molecule has 0 unspecified atom stereocenters. The topological polar surface area (TPSA) is 157 Å². The van der Waals surface area contributed by atoms with Crippen molar-refractivity contribution in [1.82, 2.24) is 0 Å². The molecule has 4 aromatic carbocycles. The molecular weight excluding hydrogens is 797 g/mol. The zero-order valence-electron chi connectivity index (χ0n) is 35.5. The van der Waals surface area contributed by atoms with Crippen LogP contribution in [0.4, 0.5) is 11.4 Å². The molecule has 0 aromatic heterocycles. The Hall–Kier alpha value is -5.43. The normalized spacial score (nSPS) is 11.8. The van der Waals surface area contributed by atoms with Crippen molar-refractivity contribution >= 4 is 35.1 Å². The number of nitrogens with zero attached hydrogens (tertiary/aromatic N) is 2. The van der Waals surface area contributed by atoms with Gasteiger partial charge in [0, 0.05) is 11.5 Å². The Balaban J connectivity index is 1.22. The van der Waals surface area contributed by atoms with Crippen LogP contribution in [0.2, 0.25) is 0 Å². The van der Waals surface area contributed by atoms with Crippen LogP contribution in [-0.2, 0) is 11.5 Å². The Labute approximate surface area is 363 Å². The van der Waals surface area contributed by atoms with Gasteiger partial charge in [0.15, 0.2) is 0 Å². The molecule has 0 saturated carbocycles. The Morgan fingerprint density at radius 1 is 0.508 bits per heavy atom. The van der Waals surface area contributed by atoms with Gasteiger partial charge in [0.2, 0.25) is 0 Å². The first-order chi connectivity index (χ1) is 29.7. The van der Waals surface area contributed by atoms with Crippen LogP contribution in [0.3, 0.4) is 0 Å². The van der Waals surface area contributed by atoms with E-state index < -0.39 is 33.2 Å². The quantitative estimate of drug-likeness (QED) is 0.0195. The zero-order chi connectivity index (χ0) is 43.4. The van der Waals surface area contributed by atoms with Gasteiger partial charge in [-0.1, -0.05) is 104 Å². The van der Waals surface area contributed by atoms with Gasteiger partial charge in [-0.2, -0.15) is 11.8 Å². The lowest BCUT2D eigenvalue weighted by molar-refractivity contribution is -0.386. The molecule has 326 valence electrons. The van der Waals surface area contributed by atoms with Crippen molar-refractivity contribution in [3.05, 3.63) is 115 Å². The Kier molecular flexibility index (Phi) is 18.9. The molecule has 0 aliphatic carbocycles. The summed E-state index contributed by atoms with van der Waals surface area (Å²) in [6.45, 7) is 5.58. The molecule has 1 heterocycles. The number of thioether (sulfide) groups is 1. The Morgan fingerprint density at radius 3 is 1.20 bits per heavy atom. The highest BCUT2D eigenvalue weighted by Gasteiger charge is 2.33. The van der Waals surface area contributed by atoms with Gasteiger partial charge >= 0.3 is 11.9 Å². The van der Waals surface area contributed by atoms with Crippen molar-refractivity contribution in [1.29, 1.82) is 0 Å². The molecular formula is C48H58N2O10S. The first-order valence-corrected chi connectivity index (χ1v) is 22.9. The second-order valence-corrected chi connectivity index (χ2v) is 16.4. The van der Waals surface area contributed by atoms with E-state index >= 15 is 0 Å². The van der Waals surface area contributed by atoms with E-state index in [9.17, 15) is 29.8 Å². The minimum atomic E-state index is -0.719. The van der Waals surface area contributed by atoms with E-state index in [2.05, 4.69) is 13.8 Å². The molecule has 0 bridgehead atoms. The zero-order valence-corrected chi connectivity index (χ0v) is 36.3. The molecule has 0 N–H and O–H groups in total. The molecule has 1 aliphatic heterocycles. The van der Waals surface area contributed by atoms with Gasteiger partial charge in [-0.25, -0.2) is 9.59 Å². The van der Waals surface area contributed by atoms with Gasteiger partial charge in [0.25, 0.3) is 11.4 Å². The monoisotopic (exact) mass is 854 g/mol. The Morgan fingerprint density at radius 2 is 0.852 bits per heavy atom. The van der Waals surface area contributed by atoms with Crippen molar-refractivity contribution in [3.8, 4) is 34.1 Å². The summed E-state index contributed by atoms with van der Waals surface area (Å²) in [4.78, 5) is 50.2. The number of hydrogen-bond donors (Lipinski definition) is 0. The molecule has 0 saturated heterocycles. The summed E-state index contributed by atoms with van der Waals surface area (Å²) >= 11 is 1.37. The fourth-order valence-corrected chi connectivity index (χ4v) is 8.35. The summed E-state index contributed by atoms with van der Waals surface area (Å²) in [5.41, 5.74) is 0.439. The maximum atomic E-state index is 13.2. The molecule has 0 amide bonds. The van der Waals surface area contributed by atoms with Crippen molar-refractivity contribution < 1.29 is 38.4 Å². The number of fused-ring (bicyclic) bond motifs is 3. The summed E-state index contributed by atoms with van der Waals surface area (Å²) < 4.78 is 23.0. The maximum Gasteiger partial charge on any atom is 0.343 e. The number of carbonyl (C=O) groups is 2. The van der Waals surface area contributed by atoms with Gasteiger partial charge in [0.1, 0.15) is 23.0 Å². The first kappa shape index (κ1) is 46.6. The van der Waals surface area contributed by atoms with E-state index in [-0.39, 0.29) is 45.3 Å². The van der Waals surface area contributed by atoms with E-state index in [4.69, 9.17) is 18.9 Å².